The SMILES string of the molecule is CCCNC(C)(CCCCN(C)CCOC)C(N)=O. The van der Waals surface area contributed by atoms with Gasteiger partial charge in [0.05, 0.1) is 12.1 Å². The molecule has 5 heteroatoms. The number of hydrogen-bond acceptors (Lipinski definition) is 4. The highest BCUT2D eigenvalue weighted by molar-refractivity contribution is 5.84. The zero-order chi connectivity index (χ0) is 14.7. The molecule has 3 N–H and O–H groups in total. The molecule has 0 spiro atoms. The zero-order valence-corrected chi connectivity index (χ0v) is 13.0. The number of nitrogens with two attached hydrogens (primary N) is 1. The highest BCUT2D eigenvalue weighted by Crippen LogP contribution is 2.13. The fourth-order valence-electron chi connectivity index (χ4n) is 1.92. The van der Waals surface area contributed by atoms with Crippen LogP contribution in [0.5, 0.6) is 0 Å². The van der Waals surface area contributed by atoms with E-state index in [0.29, 0.717) is 0 Å². The molecule has 5 nitrogen and oxygen atoms in total. The number of nitrogens with one attached hydrogen (secondary N) is 1. The van der Waals surface area contributed by atoms with Crippen LogP contribution in [0.1, 0.15) is 39.5 Å². The second-order valence-electron chi connectivity index (χ2n) is 5.38. The number of amides is 1. The Morgan fingerprint density at radius 1 is 1.37 bits per heavy atom. The maximum atomic E-state index is 11.5. The number of ether oxygens (including phenoxy) is 1. The van der Waals surface area contributed by atoms with E-state index in [-0.39, 0.29) is 5.91 Å². The molecule has 0 heterocycles. The Morgan fingerprint density at radius 2 is 2.05 bits per heavy atom. The second-order valence-corrected chi connectivity index (χ2v) is 5.38. The van der Waals surface area contributed by atoms with Crippen LogP contribution in [-0.4, -0.2) is 56.7 Å². The summed E-state index contributed by atoms with van der Waals surface area (Å²) in [4.78, 5) is 13.8. The largest absolute Gasteiger partial charge is 0.383 e. The molecule has 1 amide bonds. The molecule has 0 aliphatic heterocycles. The van der Waals surface area contributed by atoms with E-state index in [1.54, 1.807) is 7.11 Å². The fraction of sp³-hybridized carbons (Fsp3) is 0.929. The highest BCUT2D eigenvalue weighted by atomic mass is 16.5. The van der Waals surface area contributed by atoms with Crippen LogP contribution in [0.2, 0.25) is 0 Å². The molecule has 0 aliphatic carbocycles. The second kappa shape index (κ2) is 10.2. The van der Waals surface area contributed by atoms with E-state index >= 15 is 0 Å². The van der Waals surface area contributed by atoms with E-state index in [2.05, 4.69) is 24.2 Å². The third-order valence-electron chi connectivity index (χ3n) is 3.45. The lowest BCUT2D eigenvalue weighted by molar-refractivity contribution is -0.124. The predicted molar refractivity (Wildman–Crippen MR) is 79.1 cm³/mol. The van der Waals surface area contributed by atoms with Gasteiger partial charge in [-0.3, -0.25) is 4.79 Å². The van der Waals surface area contributed by atoms with Crippen LogP contribution >= 0.6 is 0 Å². The smallest absolute Gasteiger partial charge is 0.237 e. The predicted octanol–water partition coefficient (Wildman–Crippen LogP) is 0.979. The van der Waals surface area contributed by atoms with Crippen molar-refractivity contribution in [1.82, 2.24) is 10.2 Å². The van der Waals surface area contributed by atoms with Gasteiger partial charge < -0.3 is 20.7 Å². The van der Waals surface area contributed by atoms with E-state index in [9.17, 15) is 4.79 Å². The van der Waals surface area contributed by atoms with E-state index in [0.717, 1.165) is 51.9 Å². The lowest BCUT2D eigenvalue weighted by Gasteiger charge is -2.27. The third-order valence-corrected chi connectivity index (χ3v) is 3.45. The first kappa shape index (κ1) is 18.4. The molecule has 0 saturated carbocycles. The summed E-state index contributed by atoms with van der Waals surface area (Å²) in [6, 6.07) is 0. The van der Waals surface area contributed by atoms with E-state index < -0.39 is 5.54 Å². The maximum absolute atomic E-state index is 11.5. The fourth-order valence-corrected chi connectivity index (χ4v) is 1.92. The van der Waals surface area contributed by atoms with Crippen molar-refractivity contribution in [3.05, 3.63) is 0 Å². The Morgan fingerprint density at radius 3 is 2.58 bits per heavy atom. The van der Waals surface area contributed by atoms with E-state index in [4.69, 9.17) is 10.5 Å². The quantitative estimate of drug-likeness (QED) is 0.520. The molecular weight excluding hydrogens is 242 g/mol. The first-order valence-electron chi connectivity index (χ1n) is 7.18. The van der Waals surface area contributed by atoms with Crippen LogP contribution < -0.4 is 11.1 Å². The van der Waals surface area contributed by atoms with Crippen molar-refractivity contribution >= 4 is 5.91 Å². The average Bonchev–Trinajstić information content (AvgIpc) is 2.38. The van der Waals surface area contributed by atoms with Gasteiger partial charge in [-0.1, -0.05) is 6.92 Å². The van der Waals surface area contributed by atoms with Crippen molar-refractivity contribution < 1.29 is 9.53 Å². The van der Waals surface area contributed by atoms with Gasteiger partial charge in [0.1, 0.15) is 0 Å². The topological polar surface area (TPSA) is 67.6 Å². The molecule has 0 rings (SSSR count). The summed E-state index contributed by atoms with van der Waals surface area (Å²) in [5, 5.41) is 3.26. The lowest BCUT2D eigenvalue weighted by atomic mass is 9.93. The Balaban J connectivity index is 3.90. The Bertz CT molecular complexity index is 249. The minimum atomic E-state index is -0.568. The van der Waals surface area contributed by atoms with Crippen LogP contribution in [0.4, 0.5) is 0 Å². The van der Waals surface area contributed by atoms with Crippen molar-refractivity contribution in [3.63, 3.8) is 0 Å². The summed E-state index contributed by atoms with van der Waals surface area (Å²) >= 11 is 0. The van der Waals surface area contributed by atoms with Gasteiger partial charge in [-0.2, -0.15) is 0 Å². The summed E-state index contributed by atoms with van der Waals surface area (Å²) in [7, 11) is 3.80. The van der Waals surface area contributed by atoms with Crippen LogP contribution in [0.3, 0.4) is 0 Å². The number of nitrogens with zero attached hydrogens (tertiary/aromatic N) is 1. The molecule has 0 fully saturated rings. The van der Waals surface area contributed by atoms with Crippen LogP contribution in [0.15, 0.2) is 0 Å². The first-order chi connectivity index (χ1) is 8.96. The highest BCUT2D eigenvalue weighted by Gasteiger charge is 2.29. The molecule has 0 aromatic rings. The Hall–Kier alpha value is -0.650. The molecule has 0 aromatic heterocycles. The van der Waals surface area contributed by atoms with Gasteiger partial charge >= 0.3 is 0 Å². The molecule has 0 saturated heterocycles. The van der Waals surface area contributed by atoms with Crippen molar-refractivity contribution in [2.75, 3.05) is 40.4 Å². The number of hydrogen-bond donors (Lipinski definition) is 2. The zero-order valence-electron chi connectivity index (χ0n) is 13.0. The molecule has 0 radical (unpaired) electrons. The molecule has 114 valence electrons. The van der Waals surface area contributed by atoms with Crippen LogP contribution in [0.25, 0.3) is 0 Å². The van der Waals surface area contributed by atoms with Gasteiger partial charge in [-0.15, -0.1) is 0 Å². The van der Waals surface area contributed by atoms with Gasteiger partial charge in [0.15, 0.2) is 0 Å². The van der Waals surface area contributed by atoms with E-state index in [1.807, 2.05) is 6.92 Å². The molecular formula is C14H31N3O2. The molecule has 1 atom stereocenters. The van der Waals surface area contributed by atoms with Crippen molar-refractivity contribution in [1.29, 1.82) is 0 Å². The summed E-state index contributed by atoms with van der Waals surface area (Å²) in [5.74, 6) is -0.256. The van der Waals surface area contributed by atoms with Gasteiger partial charge in [0, 0.05) is 13.7 Å². The number of rotatable bonds is 12. The van der Waals surface area contributed by atoms with Crippen LogP contribution in [-0.2, 0) is 9.53 Å². The summed E-state index contributed by atoms with van der Waals surface area (Å²) < 4.78 is 5.04. The number of carbonyl (C=O) groups excluding carboxylic acids is 1. The molecule has 0 bridgehead atoms. The number of likely N-dealkylation sites (N-methyl/N-ethyl adjacent to an activating group) is 1. The van der Waals surface area contributed by atoms with Gasteiger partial charge in [0.25, 0.3) is 0 Å². The van der Waals surface area contributed by atoms with Gasteiger partial charge in [0.2, 0.25) is 5.91 Å². The first-order valence-corrected chi connectivity index (χ1v) is 7.18. The molecule has 0 aromatic carbocycles. The molecule has 0 aliphatic rings. The van der Waals surface area contributed by atoms with Gasteiger partial charge in [-0.25, -0.2) is 0 Å². The Kier molecular flexibility index (Phi) is 9.83. The van der Waals surface area contributed by atoms with Gasteiger partial charge in [-0.05, 0) is 52.7 Å². The number of unbranched alkanes of at least 4 members (excludes halogenated alkanes) is 1. The van der Waals surface area contributed by atoms with Crippen molar-refractivity contribution in [2.45, 2.75) is 45.1 Å². The normalized spacial score (nSPS) is 14.6. The molecule has 19 heavy (non-hydrogen) atoms. The summed E-state index contributed by atoms with van der Waals surface area (Å²) in [5.41, 5.74) is 4.92. The Labute approximate surface area is 117 Å². The minimum absolute atomic E-state index is 0.256. The average molecular weight is 273 g/mol. The summed E-state index contributed by atoms with van der Waals surface area (Å²) in [6.45, 7) is 7.53. The van der Waals surface area contributed by atoms with Crippen LogP contribution in [0, 0.1) is 0 Å². The monoisotopic (exact) mass is 273 g/mol. The lowest BCUT2D eigenvalue weighted by Crippen LogP contribution is -2.53. The number of methoxy groups -OCH3 is 1. The standard InChI is InChI=1S/C14H31N3O2/c1-5-9-16-14(2,13(15)18)8-6-7-10-17(3)11-12-19-4/h16H,5-12H2,1-4H3,(H2,15,18). The van der Waals surface area contributed by atoms with Crippen molar-refractivity contribution in [2.24, 2.45) is 5.73 Å². The van der Waals surface area contributed by atoms with Crippen molar-refractivity contribution in [3.8, 4) is 0 Å². The summed E-state index contributed by atoms with van der Waals surface area (Å²) in [6.07, 6.45) is 3.85. The maximum Gasteiger partial charge on any atom is 0.237 e. The molecule has 1 unspecified atom stereocenters. The minimum Gasteiger partial charge on any atom is -0.383 e. The van der Waals surface area contributed by atoms with E-state index in [1.165, 1.54) is 0 Å². The number of carbonyl (C=O) groups is 1. The number of primary amides is 1. The third kappa shape index (κ3) is 8.18.